The lowest BCUT2D eigenvalue weighted by atomic mass is 10.1. The van der Waals surface area contributed by atoms with Crippen molar-refractivity contribution < 1.29 is 0 Å². The van der Waals surface area contributed by atoms with E-state index >= 15 is 0 Å². The van der Waals surface area contributed by atoms with Gasteiger partial charge in [0.1, 0.15) is 0 Å². The van der Waals surface area contributed by atoms with Crippen LogP contribution in [0, 0.1) is 0 Å². The average Bonchev–Trinajstić information content (AvgIpc) is 2.79. The molecule has 0 saturated carbocycles. The predicted molar refractivity (Wildman–Crippen MR) is 75.5 cm³/mol. The molecule has 18 heavy (non-hydrogen) atoms. The molecule has 92 valence electrons. The van der Waals surface area contributed by atoms with Crippen LogP contribution in [0.1, 0.15) is 11.1 Å². The summed E-state index contributed by atoms with van der Waals surface area (Å²) >= 11 is 12.3. The Hall–Kier alpha value is -1.25. The molecule has 0 fully saturated rings. The van der Waals surface area contributed by atoms with Crippen LogP contribution in [0.4, 0.5) is 5.69 Å². The zero-order valence-electron chi connectivity index (χ0n) is 9.66. The quantitative estimate of drug-likeness (QED) is 0.899. The third kappa shape index (κ3) is 2.18. The van der Waals surface area contributed by atoms with Crippen LogP contribution < -0.4 is 5.32 Å². The summed E-state index contributed by atoms with van der Waals surface area (Å²) in [6.07, 6.45) is 5.48. The Morgan fingerprint density at radius 1 is 1.17 bits per heavy atom. The van der Waals surface area contributed by atoms with Crippen LogP contribution in [-0.4, -0.2) is 11.0 Å². The fourth-order valence-electron chi connectivity index (χ4n) is 2.41. The molecule has 1 aliphatic carbocycles. The summed E-state index contributed by atoms with van der Waals surface area (Å²) in [6, 6.07) is 8.24. The minimum Gasteiger partial charge on any atom is -0.380 e. The molecule has 1 unspecified atom stereocenters. The van der Waals surface area contributed by atoms with Gasteiger partial charge in [-0.3, -0.25) is 4.98 Å². The van der Waals surface area contributed by atoms with Gasteiger partial charge in [0.25, 0.3) is 0 Å². The minimum absolute atomic E-state index is 0.361. The first kappa shape index (κ1) is 11.8. The van der Waals surface area contributed by atoms with Gasteiger partial charge in [-0.25, -0.2) is 0 Å². The molecule has 0 saturated heterocycles. The summed E-state index contributed by atoms with van der Waals surface area (Å²) in [4.78, 5) is 4.10. The maximum atomic E-state index is 6.23. The van der Waals surface area contributed by atoms with Gasteiger partial charge in [0, 0.05) is 18.4 Å². The van der Waals surface area contributed by atoms with Gasteiger partial charge in [-0.15, -0.1) is 0 Å². The first-order chi connectivity index (χ1) is 8.74. The molecule has 2 aromatic rings. The summed E-state index contributed by atoms with van der Waals surface area (Å²) < 4.78 is 0. The van der Waals surface area contributed by atoms with Crippen molar-refractivity contribution in [2.24, 2.45) is 0 Å². The first-order valence-electron chi connectivity index (χ1n) is 5.86. The Bertz CT molecular complexity index is 570. The Kier molecular flexibility index (Phi) is 3.14. The number of hydrogen-bond acceptors (Lipinski definition) is 2. The van der Waals surface area contributed by atoms with Crippen LogP contribution >= 0.6 is 23.2 Å². The summed E-state index contributed by atoms with van der Waals surface area (Å²) in [5.74, 6) is 0. The van der Waals surface area contributed by atoms with Crippen molar-refractivity contribution in [3.63, 3.8) is 0 Å². The number of pyridine rings is 1. The summed E-state index contributed by atoms with van der Waals surface area (Å²) in [7, 11) is 0. The smallest absolute Gasteiger partial charge is 0.0627 e. The lowest BCUT2D eigenvalue weighted by Crippen LogP contribution is -2.19. The topological polar surface area (TPSA) is 24.9 Å². The van der Waals surface area contributed by atoms with Gasteiger partial charge in [-0.1, -0.05) is 29.3 Å². The summed E-state index contributed by atoms with van der Waals surface area (Å²) in [5, 5.41) is 4.81. The van der Waals surface area contributed by atoms with Crippen LogP contribution in [0.25, 0.3) is 0 Å². The highest BCUT2D eigenvalue weighted by atomic mass is 35.5. The van der Waals surface area contributed by atoms with Crippen molar-refractivity contribution in [3.8, 4) is 0 Å². The number of hydrogen-bond donors (Lipinski definition) is 1. The van der Waals surface area contributed by atoms with Crippen molar-refractivity contribution in [2.75, 3.05) is 5.32 Å². The molecule has 0 aliphatic heterocycles. The Morgan fingerprint density at radius 3 is 2.83 bits per heavy atom. The van der Waals surface area contributed by atoms with E-state index in [1.54, 1.807) is 6.20 Å². The molecule has 0 amide bonds. The molecular formula is C14H12Cl2N2. The van der Waals surface area contributed by atoms with Gasteiger partial charge in [0.05, 0.1) is 15.7 Å². The summed E-state index contributed by atoms with van der Waals surface area (Å²) in [6.45, 7) is 0. The molecule has 1 aliphatic rings. The monoisotopic (exact) mass is 278 g/mol. The number of anilines is 1. The number of aromatic nitrogens is 1. The molecule has 4 heteroatoms. The number of nitrogens with one attached hydrogen (secondary N) is 1. The third-order valence-corrected chi connectivity index (χ3v) is 4.09. The van der Waals surface area contributed by atoms with Gasteiger partial charge in [-0.05, 0) is 42.2 Å². The van der Waals surface area contributed by atoms with E-state index in [4.69, 9.17) is 23.2 Å². The second kappa shape index (κ2) is 4.79. The maximum Gasteiger partial charge on any atom is 0.0627 e. The van der Waals surface area contributed by atoms with E-state index in [-0.39, 0.29) is 0 Å². The molecule has 2 nitrogen and oxygen atoms in total. The average molecular weight is 279 g/mol. The van der Waals surface area contributed by atoms with Crippen LogP contribution in [0.5, 0.6) is 0 Å². The van der Waals surface area contributed by atoms with E-state index < -0.39 is 0 Å². The maximum absolute atomic E-state index is 6.23. The lowest BCUT2D eigenvalue weighted by Gasteiger charge is -2.12. The zero-order valence-corrected chi connectivity index (χ0v) is 11.2. The molecule has 3 rings (SSSR count). The molecule has 1 heterocycles. The van der Waals surface area contributed by atoms with Crippen molar-refractivity contribution >= 4 is 28.9 Å². The number of rotatable bonds is 2. The highest BCUT2D eigenvalue weighted by molar-refractivity contribution is 6.42. The molecule has 0 spiro atoms. The highest BCUT2D eigenvalue weighted by Gasteiger charge is 2.24. The lowest BCUT2D eigenvalue weighted by molar-refractivity contribution is 0.773. The standard InChI is InChI=1S/C14H12Cl2N2/c15-13-4-3-9-6-11(7-12(9)14(13)16)18-10-2-1-5-17-8-10/h1-5,8,11,18H,6-7H2. The van der Waals surface area contributed by atoms with E-state index in [9.17, 15) is 0 Å². The Morgan fingerprint density at radius 2 is 2.06 bits per heavy atom. The van der Waals surface area contributed by atoms with E-state index in [0.29, 0.717) is 16.1 Å². The molecule has 0 radical (unpaired) electrons. The third-order valence-electron chi connectivity index (χ3n) is 3.24. The van der Waals surface area contributed by atoms with Crippen LogP contribution in [0.2, 0.25) is 10.0 Å². The molecule has 1 N–H and O–H groups in total. The van der Waals surface area contributed by atoms with E-state index in [1.165, 1.54) is 11.1 Å². The molecule has 0 bridgehead atoms. The summed E-state index contributed by atoms with van der Waals surface area (Å²) in [5.41, 5.74) is 3.49. The van der Waals surface area contributed by atoms with Crippen LogP contribution in [0.3, 0.4) is 0 Å². The number of nitrogens with zero attached hydrogens (tertiary/aromatic N) is 1. The van der Waals surface area contributed by atoms with Crippen molar-refractivity contribution in [1.82, 2.24) is 4.98 Å². The van der Waals surface area contributed by atoms with Gasteiger partial charge in [-0.2, -0.15) is 0 Å². The largest absolute Gasteiger partial charge is 0.380 e. The molecule has 1 aromatic heterocycles. The van der Waals surface area contributed by atoms with Crippen LogP contribution in [0.15, 0.2) is 36.7 Å². The van der Waals surface area contributed by atoms with E-state index in [0.717, 1.165) is 18.5 Å². The number of halogens is 2. The van der Waals surface area contributed by atoms with Crippen molar-refractivity contribution in [2.45, 2.75) is 18.9 Å². The molecule has 1 atom stereocenters. The van der Waals surface area contributed by atoms with Gasteiger partial charge in [0.2, 0.25) is 0 Å². The zero-order chi connectivity index (χ0) is 12.5. The van der Waals surface area contributed by atoms with Crippen molar-refractivity contribution in [1.29, 1.82) is 0 Å². The highest BCUT2D eigenvalue weighted by Crippen LogP contribution is 2.34. The fourth-order valence-corrected chi connectivity index (χ4v) is 2.85. The number of benzene rings is 1. The van der Waals surface area contributed by atoms with E-state index in [1.807, 2.05) is 24.4 Å². The normalized spacial score (nSPS) is 17.6. The Labute approximate surface area is 116 Å². The first-order valence-corrected chi connectivity index (χ1v) is 6.62. The van der Waals surface area contributed by atoms with Gasteiger partial charge in [0.15, 0.2) is 0 Å². The fraction of sp³-hybridized carbons (Fsp3) is 0.214. The van der Waals surface area contributed by atoms with Gasteiger partial charge >= 0.3 is 0 Å². The van der Waals surface area contributed by atoms with E-state index in [2.05, 4.69) is 16.4 Å². The van der Waals surface area contributed by atoms with Gasteiger partial charge < -0.3 is 5.32 Å². The second-order valence-electron chi connectivity index (χ2n) is 4.49. The van der Waals surface area contributed by atoms with Crippen LogP contribution in [-0.2, 0) is 12.8 Å². The molecular weight excluding hydrogens is 267 g/mol. The van der Waals surface area contributed by atoms with Crippen molar-refractivity contribution in [3.05, 3.63) is 57.8 Å². The number of fused-ring (bicyclic) bond motifs is 1. The molecule has 1 aromatic carbocycles. The SMILES string of the molecule is Clc1ccc2c(c1Cl)CC(Nc1cccnc1)C2. The minimum atomic E-state index is 0.361. The predicted octanol–water partition coefficient (Wildman–Crippen LogP) is 3.97. The Balaban J connectivity index is 1.79. The second-order valence-corrected chi connectivity index (χ2v) is 5.28.